The summed E-state index contributed by atoms with van der Waals surface area (Å²) in [4.78, 5) is 27.0. The molecule has 1 saturated heterocycles. The van der Waals surface area contributed by atoms with Crippen LogP contribution in [0.4, 0.5) is 5.82 Å². The molecular formula is C17H21N5O2. The smallest absolute Gasteiger partial charge is 0.255 e. The van der Waals surface area contributed by atoms with Crippen LogP contribution in [0, 0.1) is 5.92 Å². The molecule has 1 aliphatic heterocycles. The zero-order valence-corrected chi connectivity index (χ0v) is 13.7. The van der Waals surface area contributed by atoms with E-state index < -0.39 is 0 Å². The Labute approximate surface area is 141 Å². The van der Waals surface area contributed by atoms with Crippen LogP contribution >= 0.6 is 0 Å². The Bertz CT molecular complexity index is 680. The molecule has 0 aliphatic carbocycles. The molecule has 24 heavy (non-hydrogen) atoms. The molecule has 3 heterocycles. The van der Waals surface area contributed by atoms with E-state index in [4.69, 9.17) is 4.74 Å². The summed E-state index contributed by atoms with van der Waals surface area (Å²) in [6.45, 7) is 2.41. The average molecular weight is 327 g/mol. The average Bonchev–Trinajstić information content (AvgIpc) is 2.87. The van der Waals surface area contributed by atoms with Gasteiger partial charge in [-0.05, 0) is 18.6 Å². The predicted octanol–water partition coefficient (Wildman–Crippen LogP) is 1.24. The van der Waals surface area contributed by atoms with E-state index in [0.717, 1.165) is 17.9 Å². The molecular weight excluding hydrogens is 306 g/mol. The second-order valence-electron chi connectivity index (χ2n) is 5.78. The van der Waals surface area contributed by atoms with Crippen molar-refractivity contribution in [2.75, 3.05) is 38.7 Å². The summed E-state index contributed by atoms with van der Waals surface area (Å²) in [6.07, 6.45) is 5.57. The van der Waals surface area contributed by atoms with Crippen LogP contribution in [-0.4, -0.2) is 59.1 Å². The van der Waals surface area contributed by atoms with Crippen LogP contribution in [-0.2, 0) is 11.2 Å². The second kappa shape index (κ2) is 7.83. The van der Waals surface area contributed by atoms with Crippen LogP contribution in [0.1, 0.15) is 16.1 Å². The van der Waals surface area contributed by atoms with Crippen LogP contribution in [0.5, 0.6) is 0 Å². The first-order chi connectivity index (χ1) is 11.8. The van der Waals surface area contributed by atoms with Crippen molar-refractivity contribution in [1.29, 1.82) is 0 Å². The largest absolute Gasteiger partial charge is 0.379 e. The van der Waals surface area contributed by atoms with Crippen molar-refractivity contribution in [3.8, 4) is 0 Å². The van der Waals surface area contributed by atoms with Gasteiger partial charge in [-0.25, -0.2) is 9.97 Å². The molecule has 1 amide bonds. The molecule has 1 atom stereocenters. The van der Waals surface area contributed by atoms with Crippen LogP contribution in [0.15, 0.2) is 36.9 Å². The summed E-state index contributed by atoms with van der Waals surface area (Å²) in [5, 5.41) is 3.01. The number of carbonyl (C=O) groups is 1. The number of amides is 1. The third kappa shape index (κ3) is 4.05. The van der Waals surface area contributed by atoms with Crippen molar-refractivity contribution in [2.24, 2.45) is 5.92 Å². The normalized spacial score (nSPS) is 18.0. The molecule has 0 saturated carbocycles. The molecule has 1 aliphatic rings. The number of hydrogen-bond donors (Lipinski definition) is 1. The number of nitrogens with zero attached hydrogens (tertiary/aromatic N) is 4. The van der Waals surface area contributed by atoms with Gasteiger partial charge in [-0.1, -0.05) is 0 Å². The molecule has 0 radical (unpaired) electrons. The van der Waals surface area contributed by atoms with Gasteiger partial charge in [-0.15, -0.1) is 0 Å². The van der Waals surface area contributed by atoms with Crippen molar-refractivity contribution in [3.05, 3.63) is 48.2 Å². The third-order valence-corrected chi connectivity index (χ3v) is 4.01. The predicted molar refractivity (Wildman–Crippen MR) is 89.7 cm³/mol. The van der Waals surface area contributed by atoms with Crippen molar-refractivity contribution in [1.82, 2.24) is 19.9 Å². The molecule has 3 rings (SSSR count). The molecule has 2 aromatic heterocycles. The number of aromatic nitrogens is 3. The lowest BCUT2D eigenvalue weighted by molar-refractivity contribution is 0.0737. The molecule has 7 nitrogen and oxygen atoms in total. The maximum atomic E-state index is 12.6. The topological polar surface area (TPSA) is 80.2 Å². The van der Waals surface area contributed by atoms with E-state index >= 15 is 0 Å². The van der Waals surface area contributed by atoms with Crippen molar-refractivity contribution < 1.29 is 9.53 Å². The van der Waals surface area contributed by atoms with Crippen LogP contribution in [0.25, 0.3) is 0 Å². The molecule has 7 heteroatoms. The number of nitrogens with one attached hydrogen (secondary N) is 1. The molecule has 0 spiro atoms. The number of anilines is 1. The molecule has 0 aromatic carbocycles. The zero-order valence-electron chi connectivity index (χ0n) is 13.7. The van der Waals surface area contributed by atoms with Crippen molar-refractivity contribution >= 4 is 11.7 Å². The van der Waals surface area contributed by atoms with Gasteiger partial charge in [0, 0.05) is 50.2 Å². The quantitative estimate of drug-likeness (QED) is 0.910. The van der Waals surface area contributed by atoms with E-state index in [0.29, 0.717) is 31.9 Å². The lowest BCUT2D eigenvalue weighted by atomic mass is 10.0. The van der Waals surface area contributed by atoms with Crippen LogP contribution in [0.2, 0.25) is 0 Å². The summed E-state index contributed by atoms with van der Waals surface area (Å²) in [7, 11) is 1.83. The maximum Gasteiger partial charge on any atom is 0.255 e. The van der Waals surface area contributed by atoms with Gasteiger partial charge in [-0.3, -0.25) is 9.78 Å². The molecule has 1 fully saturated rings. The number of rotatable bonds is 4. The summed E-state index contributed by atoms with van der Waals surface area (Å²) >= 11 is 0. The van der Waals surface area contributed by atoms with Crippen molar-refractivity contribution in [2.45, 2.75) is 6.42 Å². The highest BCUT2D eigenvalue weighted by Gasteiger charge is 2.24. The Kier molecular flexibility index (Phi) is 5.32. The number of carbonyl (C=O) groups excluding carboxylic acids is 1. The Balaban J connectivity index is 1.69. The highest BCUT2D eigenvalue weighted by molar-refractivity contribution is 5.93. The summed E-state index contributed by atoms with van der Waals surface area (Å²) in [5.41, 5.74) is 1.55. The Hall–Kier alpha value is -2.54. The van der Waals surface area contributed by atoms with Gasteiger partial charge < -0.3 is 15.0 Å². The minimum atomic E-state index is -0.00259. The Morgan fingerprint density at radius 1 is 1.46 bits per heavy atom. The SMILES string of the molecule is CNc1cc(CC2COCCN(C(=O)c3cccnc3)C2)ncn1. The number of ether oxygens (including phenoxy) is 1. The first-order valence-electron chi connectivity index (χ1n) is 8.02. The Morgan fingerprint density at radius 3 is 3.17 bits per heavy atom. The van der Waals surface area contributed by atoms with Gasteiger partial charge in [-0.2, -0.15) is 0 Å². The first-order valence-corrected chi connectivity index (χ1v) is 8.02. The lowest BCUT2D eigenvalue weighted by Gasteiger charge is -2.23. The lowest BCUT2D eigenvalue weighted by Crippen LogP contribution is -2.36. The number of hydrogen-bond acceptors (Lipinski definition) is 6. The van der Waals surface area contributed by atoms with Crippen LogP contribution < -0.4 is 5.32 Å². The van der Waals surface area contributed by atoms with Crippen molar-refractivity contribution in [3.63, 3.8) is 0 Å². The zero-order chi connectivity index (χ0) is 16.8. The van der Waals surface area contributed by atoms with Gasteiger partial charge in [0.05, 0.1) is 18.8 Å². The molecule has 0 bridgehead atoms. The molecule has 2 aromatic rings. The van der Waals surface area contributed by atoms with E-state index in [1.165, 1.54) is 0 Å². The van der Waals surface area contributed by atoms with Gasteiger partial charge in [0.1, 0.15) is 12.1 Å². The Morgan fingerprint density at radius 2 is 2.38 bits per heavy atom. The first kappa shape index (κ1) is 16.3. The van der Waals surface area contributed by atoms with Gasteiger partial charge in [0.2, 0.25) is 0 Å². The van der Waals surface area contributed by atoms with Gasteiger partial charge in [0.15, 0.2) is 0 Å². The van der Waals surface area contributed by atoms with E-state index in [-0.39, 0.29) is 11.8 Å². The highest BCUT2D eigenvalue weighted by atomic mass is 16.5. The molecule has 1 N–H and O–H groups in total. The van der Waals surface area contributed by atoms with Gasteiger partial charge >= 0.3 is 0 Å². The highest BCUT2D eigenvalue weighted by Crippen LogP contribution is 2.16. The minimum absolute atomic E-state index is 0.00259. The van der Waals surface area contributed by atoms with Crippen LogP contribution in [0.3, 0.4) is 0 Å². The third-order valence-electron chi connectivity index (χ3n) is 4.01. The maximum absolute atomic E-state index is 12.6. The second-order valence-corrected chi connectivity index (χ2v) is 5.78. The monoisotopic (exact) mass is 327 g/mol. The van der Waals surface area contributed by atoms with E-state index in [1.807, 2.05) is 18.0 Å². The fourth-order valence-corrected chi connectivity index (χ4v) is 2.80. The fourth-order valence-electron chi connectivity index (χ4n) is 2.80. The summed E-state index contributed by atoms with van der Waals surface area (Å²) in [5.74, 6) is 0.989. The summed E-state index contributed by atoms with van der Waals surface area (Å²) in [6, 6.07) is 5.50. The van der Waals surface area contributed by atoms with E-state index in [2.05, 4.69) is 20.3 Å². The standard InChI is InChI=1S/C17H21N5O2/c1-18-16-8-15(20-12-21-16)7-13-10-22(5-6-24-11-13)17(23)14-3-2-4-19-9-14/h2-4,8-9,12-13H,5-7,10-11H2,1H3,(H,18,20,21). The summed E-state index contributed by atoms with van der Waals surface area (Å²) < 4.78 is 5.68. The number of pyridine rings is 1. The molecule has 1 unspecified atom stereocenters. The van der Waals surface area contributed by atoms with E-state index in [1.54, 1.807) is 30.9 Å². The fraction of sp³-hybridized carbons (Fsp3) is 0.412. The van der Waals surface area contributed by atoms with E-state index in [9.17, 15) is 4.79 Å². The molecule has 126 valence electrons. The van der Waals surface area contributed by atoms with Gasteiger partial charge in [0.25, 0.3) is 5.91 Å². The minimum Gasteiger partial charge on any atom is -0.379 e.